The van der Waals surface area contributed by atoms with Gasteiger partial charge in [-0.3, -0.25) is 10.1 Å². The summed E-state index contributed by atoms with van der Waals surface area (Å²) in [4.78, 5) is 12.1. The van der Waals surface area contributed by atoms with E-state index in [0.29, 0.717) is 16.5 Å². The number of carbonyl (C=O) groups is 1. The van der Waals surface area contributed by atoms with E-state index in [1.54, 1.807) is 43.5 Å². The zero-order valence-corrected chi connectivity index (χ0v) is 16.6. The first-order valence-corrected chi connectivity index (χ1v) is 9.77. The van der Waals surface area contributed by atoms with Crippen LogP contribution in [-0.2, 0) is 11.2 Å². The summed E-state index contributed by atoms with van der Waals surface area (Å²) in [6, 6.07) is 8.74. The zero-order valence-electron chi connectivity index (χ0n) is 15.8. The third kappa shape index (κ3) is 7.01. The van der Waals surface area contributed by atoms with Crippen molar-refractivity contribution in [2.75, 3.05) is 12.4 Å². The van der Waals surface area contributed by atoms with Crippen LogP contribution >= 0.6 is 11.3 Å². The standard InChI is InChI=1S/C19H26N6O2S/c1-22-15(21)12-11-14(20)9-5-6-10-16-24-25-19(28-16)23-18(27)17(26)13-7-3-2-4-8-13/h2-4,7-8,11-12,17,22,26H,5-6,9-10,20-21H2,1H3,(H,23,25,27)/b14-11-,15-12+. The van der Waals surface area contributed by atoms with Crippen LogP contribution in [0.2, 0.25) is 0 Å². The Balaban J connectivity index is 1.76. The van der Waals surface area contributed by atoms with Gasteiger partial charge in [-0.2, -0.15) is 0 Å². The maximum absolute atomic E-state index is 12.1. The number of nitrogens with two attached hydrogens (primary N) is 2. The number of nitrogens with zero attached hydrogens (tertiary/aromatic N) is 2. The van der Waals surface area contributed by atoms with Crippen molar-refractivity contribution in [3.05, 3.63) is 64.6 Å². The zero-order chi connectivity index (χ0) is 20.4. The first-order chi connectivity index (χ1) is 13.5. The van der Waals surface area contributed by atoms with Crippen LogP contribution in [0.4, 0.5) is 5.13 Å². The Morgan fingerprint density at radius 3 is 2.68 bits per heavy atom. The minimum absolute atomic E-state index is 0.377. The summed E-state index contributed by atoms with van der Waals surface area (Å²) in [5.74, 6) is 0.0319. The highest BCUT2D eigenvalue weighted by molar-refractivity contribution is 7.15. The number of aryl methyl sites for hydroxylation is 1. The summed E-state index contributed by atoms with van der Waals surface area (Å²) in [5.41, 5.74) is 12.9. The number of aliphatic hydroxyl groups is 1. The number of aromatic nitrogens is 2. The smallest absolute Gasteiger partial charge is 0.259 e. The highest BCUT2D eigenvalue weighted by Gasteiger charge is 2.18. The van der Waals surface area contributed by atoms with Crippen molar-refractivity contribution in [3.8, 4) is 0 Å². The molecule has 1 unspecified atom stereocenters. The maximum atomic E-state index is 12.1. The number of hydrogen-bond donors (Lipinski definition) is 5. The molecule has 1 amide bonds. The fourth-order valence-corrected chi connectivity index (χ4v) is 3.12. The highest BCUT2D eigenvalue weighted by Crippen LogP contribution is 2.20. The van der Waals surface area contributed by atoms with Crippen LogP contribution in [0.3, 0.4) is 0 Å². The summed E-state index contributed by atoms with van der Waals surface area (Å²) in [7, 11) is 1.75. The van der Waals surface area contributed by atoms with Gasteiger partial charge in [-0.25, -0.2) is 0 Å². The van der Waals surface area contributed by atoms with Gasteiger partial charge >= 0.3 is 0 Å². The van der Waals surface area contributed by atoms with E-state index in [9.17, 15) is 9.90 Å². The molecule has 2 rings (SSSR count). The average Bonchev–Trinajstić information content (AvgIpc) is 3.16. The summed E-state index contributed by atoms with van der Waals surface area (Å²) < 4.78 is 0. The molecule has 0 spiro atoms. The van der Waals surface area contributed by atoms with E-state index in [1.165, 1.54) is 11.3 Å². The molecule has 1 heterocycles. The number of benzene rings is 1. The monoisotopic (exact) mass is 402 g/mol. The summed E-state index contributed by atoms with van der Waals surface area (Å²) in [6.07, 6.45) is 5.60. The van der Waals surface area contributed by atoms with Gasteiger partial charge in [0.05, 0.1) is 5.82 Å². The molecule has 0 bridgehead atoms. The fourth-order valence-electron chi connectivity index (χ4n) is 2.33. The van der Waals surface area contributed by atoms with Gasteiger partial charge in [0.1, 0.15) is 5.01 Å². The van der Waals surface area contributed by atoms with E-state index in [2.05, 4.69) is 20.8 Å². The molecule has 7 N–H and O–H groups in total. The molecule has 2 aromatic rings. The van der Waals surface area contributed by atoms with Gasteiger partial charge in [-0.15, -0.1) is 10.2 Å². The van der Waals surface area contributed by atoms with Gasteiger partial charge in [-0.1, -0.05) is 41.7 Å². The third-order valence-electron chi connectivity index (χ3n) is 3.93. The summed E-state index contributed by atoms with van der Waals surface area (Å²) in [5, 5.41) is 24.8. The Bertz CT molecular complexity index is 819. The molecule has 150 valence electrons. The molecule has 8 nitrogen and oxygen atoms in total. The van der Waals surface area contributed by atoms with Crippen LogP contribution in [0.1, 0.15) is 35.9 Å². The summed E-state index contributed by atoms with van der Waals surface area (Å²) in [6.45, 7) is 0. The average molecular weight is 403 g/mol. The molecule has 0 saturated heterocycles. The SMILES string of the molecule is CN/C(N)=C/C=C(\N)CCCCc1nnc(NC(=O)C(O)c2ccccc2)s1. The van der Waals surface area contributed by atoms with E-state index in [1.807, 2.05) is 6.07 Å². The van der Waals surface area contributed by atoms with Gasteiger partial charge in [0.15, 0.2) is 6.10 Å². The normalized spacial score (nSPS) is 13.2. The number of unbranched alkanes of at least 4 members (excludes halogenated alkanes) is 1. The molecule has 0 aliphatic rings. The number of aliphatic hydroxyl groups excluding tert-OH is 1. The lowest BCUT2D eigenvalue weighted by molar-refractivity contribution is -0.124. The van der Waals surface area contributed by atoms with E-state index in [0.717, 1.165) is 36.4 Å². The Hall–Kier alpha value is -2.91. The summed E-state index contributed by atoms with van der Waals surface area (Å²) >= 11 is 1.30. The number of anilines is 1. The second-order valence-corrected chi connectivity index (χ2v) is 7.19. The van der Waals surface area contributed by atoms with Crippen molar-refractivity contribution in [2.45, 2.75) is 31.8 Å². The van der Waals surface area contributed by atoms with E-state index < -0.39 is 12.0 Å². The molecule has 28 heavy (non-hydrogen) atoms. The van der Waals surface area contributed by atoms with Gasteiger partial charge in [-0.05, 0) is 37.0 Å². The largest absolute Gasteiger partial charge is 0.402 e. The second-order valence-electron chi connectivity index (χ2n) is 6.12. The Morgan fingerprint density at radius 1 is 1.21 bits per heavy atom. The van der Waals surface area contributed by atoms with E-state index >= 15 is 0 Å². The Kier molecular flexibility index (Phi) is 8.44. The van der Waals surface area contributed by atoms with Gasteiger partial charge in [0, 0.05) is 19.2 Å². The molecule has 0 aliphatic carbocycles. The van der Waals surface area contributed by atoms with Crippen LogP contribution in [0.15, 0.2) is 54.0 Å². The molecule has 1 aromatic heterocycles. The van der Waals surface area contributed by atoms with Crippen molar-refractivity contribution in [3.63, 3.8) is 0 Å². The molecular formula is C19H26N6O2S. The van der Waals surface area contributed by atoms with Crippen molar-refractivity contribution < 1.29 is 9.90 Å². The van der Waals surface area contributed by atoms with E-state index in [-0.39, 0.29) is 0 Å². The minimum atomic E-state index is -1.24. The van der Waals surface area contributed by atoms with Crippen LogP contribution in [0.5, 0.6) is 0 Å². The van der Waals surface area contributed by atoms with Crippen LogP contribution in [-0.4, -0.2) is 28.3 Å². The molecule has 0 radical (unpaired) electrons. The predicted molar refractivity (Wildman–Crippen MR) is 111 cm³/mol. The number of hydrogen-bond acceptors (Lipinski definition) is 8. The van der Waals surface area contributed by atoms with Gasteiger partial charge in [0.2, 0.25) is 5.13 Å². The molecule has 0 aliphatic heterocycles. The van der Waals surface area contributed by atoms with Gasteiger partial charge < -0.3 is 21.9 Å². The number of nitrogens with one attached hydrogen (secondary N) is 2. The number of allylic oxidation sites excluding steroid dienone is 3. The van der Waals surface area contributed by atoms with Crippen molar-refractivity contribution in [1.82, 2.24) is 15.5 Å². The fraction of sp³-hybridized carbons (Fsp3) is 0.316. The van der Waals surface area contributed by atoms with Crippen molar-refractivity contribution >= 4 is 22.4 Å². The quantitative estimate of drug-likeness (QED) is 0.301. The second kappa shape index (κ2) is 11.1. The first kappa shape index (κ1) is 21.4. The molecular weight excluding hydrogens is 376 g/mol. The lowest BCUT2D eigenvalue weighted by Gasteiger charge is -2.09. The Labute approximate surface area is 168 Å². The highest BCUT2D eigenvalue weighted by atomic mass is 32.1. The Morgan fingerprint density at radius 2 is 1.96 bits per heavy atom. The number of amides is 1. The maximum Gasteiger partial charge on any atom is 0.259 e. The molecule has 1 atom stereocenters. The third-order valence-corrected chi connectivity index (χ3v) is 4.83. The first-order valence-electron chi connectivity index (χ1n) is 8.95. The van der Waals surface area contributed by atoms with Crippen molar-refractivity contribution in [1.29, 1.82) is 0 Å². The van der Waals surface area contributed by atoms with Gasteiger partial charge in [0.25, 0.3) is 5.91 Å². The number of rotatable bonds is 10. The molecule has 1 aromatic carbocycles. The van der Waals surface area contributed by atoms with E-state index in [4.69, 9.17) is 11.5 Å². The van der Waals surface area contributed by atoms with Crippen LogP contribution in [0.25, 0.3) is 0 Å². The minimum Gasteiger partial charge on any atom is -0.402 e. The lowest BCUT2D eigenvalue weighted by Crippen LogP contribution is -2.20. The predicted octanol–water partition coefficient (Wildman–Crippen LogP) is 1.79. The molecule has 0 saturated carbocycles. The topological polar surface area (TPSA) is 139 Å². The van der Waals surface area contributed by atoms with Crippen molar-refractivity contribution in [2.24, 2.45) is 11.5 Å². The lowest BCUT2D eigenvalue weighted by atomic mass is 10.1. The molecule has 9 heteroatoms. The molecule has 0 fully saturated rings. The van der Waals surface area contributed by atoms with Crippen LogP contribution < -0.4 is 22.1 Å². The number of carbonyl (C=O) groups excluding carboxylic acids is 1. The van der Waals surface area contributed by atoms with Crippen LogP contribution in [0, 0.1) is 0 Å².